The highest BCUT2D eigenvalue weighted by molar-refractivity contribution is 5.47. The molecule has 0 amide bonds. The van der Waals surface area contributed by atoms with Crippen molar-refractivity contribution in [2.24, 2.45) is 0 Å². The molecule has 1 aromatic rings. The van der Waals surface area contributed by atoms with Gasteiger partial charge in [0, 0.05) is 0 Å². The number of hydrogen-bond donors (Lipinski definition) is 1. The second-order valence-electron chi connectivity index (χ2n) is 4.50. The Bertz CT molecular complexity index is 439. The van der Waals surface area contributed by atoms with Crippen LogP contribution in [0, 0.1) is 25.2 Å². The van der Waals surface area contributed by atoms with Gasteiger partial charge in [0.1, 0.15) is 5.75 Å². The number of nitrogens with zero attached hydrogens (tertiary/aromatic N) is 1. The van der Waals surface area contributed by atoms with Gasteiger partial charge in [-0.25, -0.2) is 0 Å². The summed E-state index contributed by atoms with van der Waals surface area (Å²) in [6, 6.07) is 6.17. The van der Waals surface area contributed by atoms with Crippen molar-refractivity contribution in [2.45, 2.75) is 38.5 Å². The number of rotatable bonds is 1. The molecule has 15 heavy (non-hydrogen) atoms. The molecule has 0 atom stereocenters. The second kappa shape index (κ2) is 3.27. The van der Waals surface area contributed by atoms with Gasteiger partial charge in [-0.1, -0.05) is 6.07 Å². The Labute approximate surface area is 90.2 Å². The van der Waals surface area contributed by atoms with E-state index < -0.39 is 0 Å². The Morgan fingerprint density at radius 2 is 1.93 bits per heavy atom. The predicted octanol–water partition coefficient (Wildman–Crippen LogP) is 2.95. The minimum Gasteiger partial charge on any atom is -0.508 e. The molecule has 0 aliphatic heterocycles. The summed E-state index contributed by atoms with van der Waals surface area (Å²) in [5.41, 5.74) is 2.71. The van der Waals surface area contributed by atoms with Gasteiger partial charge < -0.3 is 5.11 Å². The zero-order valence-electron chi connectivity index (χ0n) is 9.17. The molecule has 2 nitrogen and oxygen atoms in total. The predicted molar refractivity (Wildman–Crippen MR) is 58.7 cm³/mol. The zero-order chi connectivity index (χ0) is 11.1. The van der Waals surface area contributed by atoms with Gasteiger partial charge in [-0.3, -0.25) is 0 Å². The van der Waals surface area contributed by atoms with Crippen molar-refractivity contribution < 1.29 is 5.11 Å². The van der Waals surface area contributed by atoms with Gasteiger partial charge in [0.2, 0.25) is 0 Å². The average Bonchev–Trinajstić information content (AvgIpc) is 2.12. The number of hydrogen-bond acceptors (Lipinski definition) is 2. The molecule has 0 unspecified atom stereocenters. The summed E-state index contributed by atoms with van der Waals surface area (Å²) in [5.74, 6) is 0.323. The van der Waals surface area contributed by atoms with Crippen molar-refractivity contribution in [1.82, 2.24) is 0 Å². The van der Waals surface area contributed by atoms with Crippen LogP contribution in [0.4, 0.5) is 0 Å². The highest BCUT2D eigenvalue weighted by Crippen LogP contribution is 2.45. The van der Waals surface area contributed by atoms with E-state index >= 15 is 0 Å². The molecule has 1 N–H and O–H groups in total. The highest BCUT2D eigenvalue weighted by atomic mass is 16.3. The molecule has 0 heterocycles. The van der Waals surface area contributed by atoms with Gasteiger partial charge in [-0.05, 0) is 55.9 Å². The Kier molecular flexibility index (Phi) is 2.19. The normalized spacial score (nSPS) is 17.9. The summed E-state index contributed by atoms with van der Waals surface area (Å²) in [5, 5.41) is 18.8. The van der Waals surface area contributed by atoms with E-state index in [0.717, 1.165) is 36.0 Å². The molecule has 2 heteroatoms. The molecule has 1 aliphatic carbocycles. The summed E-state index contributed by atoms with van der Waals surface area (Å²) in [6.07, 6.45) is 3.04. The lowest BCUT2D eigenvalue weighted by atomic mass is 9.64. The summed E-state index contributed by atoms with van der Waals surface area (Å²) in [6.45, 7) is 3.84. The van der Waals surface area contributed by atoms with Crippen molar-refractivity contribution in [3.8, 4) is 11.8 Å². The Hall–Kier alpha value is -1.49. The van der Waals surface area contributed by atoms with Crippen LogP contribution in [0.5, 0.6) is 5.75 Å². The topological polar surface area (TPSA) is 44.0 Å². The van der Waals surface area contributed by atoms with E-state index in [0.29, 0.717) is 5.75 Å². The second-order valence-corrected chi connectivity index (χ2v) is 4.50. The first kappa shape index (κ1) is 10.0. The molecule has 1 fully saturated rings. The minimum absolute atomic E-state index is 0.275. The molecule has 1 aromatic carbocycles. The molecule has 0 saturated heterocycles. The van der Waals surface area contributed by atoms with Crippen LogP contribution in [-0.4, -0.2) is 5.11 Å². The van der Waals surface area contributed by atoms with Crippen LogP contribution >= 0.6 is 0 Å². The van der Waals surface area contributed by atoms with E-state index in [2.05, 4.69) is 6.07 Å². The zero-order valence-corrected chi connectivity index (χ0v) is 9.17. The summed E-state index contributed by atoms with van der Waals surface area (Å²) in [4.78, 5) is 0. The van der Waals surface area contributed by atoms with Crippen LogP contribution in [0.15, 0.2) is 12.1 Å². The van der Waals surface area contributed by atoms with Gasteiger partial charge in [0.25, 0.3) is 0 Å². The summed E-state index contributed by atoms with van der Waals surface area (Å²) >= 11 is 0. The van der Waals surface area contributed by atoms with Crippen molar-refractivity contribution in [1.29, 1.82) is 5.26 Å². The molecule has 1 saturated carbocycles. The Morgan fingerprint density at radius 1 is 1.27 bits per heavy atom. The number of aromatic hydroxyl groups is 1. The molecule has 0 bridgehead atoms. The van der Waals surface area contributed by atoms with Crippen LogP contribution in [0.2, 0.25) is 0 Å². The van der Waals surface area contributed by atoms with Gasteiger partial charge in [0.15, 0.2) is 0 Å². The van der Waals surface area contributed by atoms with Crippen molar-refractivity contribution in [3.63, 3.8) is 0 Å². The third kappa shape index (κ3) is 1.39. The van der Waals surface area contributed by atoms with Crippen LogP contribution < -0.4 is 0 Å². The molecule has 78 valence electrons. The van der Waals surface area contributed by atoms with E-state index in [9.17, 15) is 10.4 Å². The molecule has 2 rings (SSSR count). The van der Waals surface area contributed by atoms with E-state index in [1.807, 2.05) is 19.9 Å². The molecular weight excluding hydrogens is 186 g/mol. The first-order valence-electron chi connectivity index (χ1n) is 5.31. The lowest BCUT2D eigenvalue weighted by molar-refractivity contribution is 0.322. The van der Waals surface area contributed by atoms with Crippen LogP contribution in [-0.2, 0) is 5.41 Å². The standard InChI is InChI=1S/C13H15NO/c1-9-7-12(15)10(2)6-11(9)13(8-14)4-3-5-13/h6-7,15H,3-5H2,1-2H3. The summed E-state index contributed by atoms with van der Waals surface area (Å²) < 4.78 is 0. The number of phenols is 1. The molecule has 1 aliphatic rings. The largest absolute Gasteiger partial charge is 0.508 e. The third-order valence-corrected chi connectivity index (χ3v) is 3.48. The molecule has 0 aromatic heterocycles. The first-order chi connectivity index (χ1) is 7.09. The van der Waals surface area contributed by atoms with Crippen molar-refractivity contribution in [3.05, 3.63) is 28.8 Å². The van der Waals surface area contributed by atoms with Crippen LogP contribution in [0.1, 0.15) is 36.0 Å². The van der Waals surface area contributed by atoms with Crippen molar-refractivity contribution in [2.75, 3.05) is 0 Å². The number of nitriles is 1. The molecule has 0 spiro atoms. The van der Waals surface area contributed by atoms with Crippen molar-refractivity contribution >= 4 is 0 Å². The maximum atomic E-state index is 9.57. The third-order valence-electron chi connectivity index (χ3n) is 3.48. The van der Waals surface area contributed by atoms with Gasteiger partial charge in [-0.15, -0.1) is 0 Å². The van der Waals surface area contributed by atoms with Gasteiger partial charge in [0.05, 0.1) is 11.5 Å². The fraction of sp³-hybridized carbons (Fsp3) is 0.462. The fourth-order valence-electron chi connectivity index (χ4n) is 2.29. The first-order valence-corrected chi connectivity index (χ1v) is 5.31. The lowest BCUT2D eigenvalue weighted by Gasteiger charge is -2.37. The van der Waals surface area contributed by atoms with Gasteiger partial charge in [-0.2, -0.15) is 5.26 Å². The highest BCUT2D eigenvalue weighted by Gasteiger charge is 2.40. The van der Waals surface area contributed by atoms with E-state index in [-0.39, 0.29) is 5.41 Å². The Morgan fingerprint density at radius 3 is 2.40 bits per heavy atom. The van der Waals surface area contributed by atoms with E-state index in [4.69, 9.17) is 0 Å². The minimum atomic E-state index is -0.275. The summed E-state index contributed by atoms with van der Waals surface area (Å²) in [7, 11) is 0. The average molecular weight is 201 g/mol. The number of benzene rings is 1. The Balaban J connectivity index is 2.54. The number of aryl methyl sites for hydroxylation is 2. The quantitative estimate of drug-likeness (QED) is 0.759. The van der Waals surface area contributed by atoms with Gasteiger partial charge >= 0.3 is 0 Å². The smallest absolute Gasteiger partial charge is 0.118 e. The lowest BCUT2D eigenvalue weighted by Crippen LogP contribution is -2.33. The maximum Gasteiger partial charge on any atom is 0.118 e. The SMILES string of the molecule is Cc1cc(C2(C#N)CCC2)c(C)cc1O. The molecule has 0 radical (unpaired) electrons. The van der Waals surface area contributed by atoms with Crippen LogP contribution in [0.3, 0.4) is 0 Å². The van der Waals surface area contributed by atoms with Crippen LogP contribution in [0.25, 0.3) is 0 Å². The van der Waals surface area contributed by atoms with E-state index in [1.54, 1.807) is 6.07 Å². The van der Waals surface area contributed by atoms with E-state index in [1.165, 1.54) is 0 Å². The monoisotopic (exact) mass is 201 g/mol. The fourth-order valence-corrected chi connectivity index (χ4v) is 2.29. The maximum absolute atomic E-state index is 9.57. The molecular formula is C13H15NO. The number of phenolic OH excluding ortho intramolecular Hbond substituents is 1.